The zero-order chi connectivity index (χ0) is 16.1. The van der Waals surface area contributed by atoms with Gasteiger partial charge in [0.25, 0.3) is 0 Å². The normalized spacial score (nSPS) is 15.5. The third-order valence-corrected chi connectivity index (χ3v) is 4.65. The molecule has 2 aromatic heterocycles. The molecule has 1 aliphatic heterocycles. The topological polar surface area (TPSA) is 36.9 Å². The molecule has 23 heavy (non-hydrogen) atoms. The summed E-state index contributed by atoms with van der Waals surface area (Å²) in [6.07, 6.45) is 2.39. The number of aromatic nitrogens is 3. The Hall–Kier alpha value is -2.21. The van der Waals surface area contributed by atoms with Crippen molar-refractivity contribution in [1.29, 1.82) is 0 Å². The molecule has 120 valence electrons. The molecule has 0 atom stereocenters. The van der Waals surface area contributed by atoms with Crippen LogP contribution in [0.5, 0.6) is 0 Å². The number of aryl methyl sites for hydroxylation is 1. The molecule has 0 unspecified atom stereocenters. The summed E-state index contributed by atoms with van der Waals surface area (Å²) in [5.41, 5.74) is 5.75. The minimum atomic E-state index is -2.65. The van der Waals surface area contributed by atoms with Crippen molar-refractivity contribution in [1.82, 2.24) is 19.7 Å². The van der Waals surface area contributed by atoms with E-state index in [-0.39, 0.29) is 0 Å². The lowest BCUT2D eigenvalue weighted by atomic mass is 9.96. The first-order valence-electron chi connectivity index (χ1n) is 7.70. The zero-order valence-corrected chi connectivity index (χ0v) is 13.1. The molecule has 4 nitrogen and oxygen atoms in total. The number of benzene rings is 1. The van der Waals surface area contributed by atoms with E-state index in [0.717, 1.165) is 46.2 Å². The summed E-state index contributed by atoms with van der Waals surface area (Å²) in [6, 6.07) is 5.68. The number of halogens is 2. The van der Waals surface area contributed by atoms with Crippen LogP contribution in [0.1, 0.15) is 23.4 Å². The van der Waals surface area contributed by atoms with E-state index in [4.69, 9.17) is 0 Å². The van der Waals surface area contributed by atoms with Crippen molar-refractivity contribution in [2.45, 2.75) is 26.4 Å². The predicted octanol–water partition coefficient (Wildman–Crippen LogP) is 3.72. The van der Waals surface area contributed by atoms with Crippen LogP contribution in [0.2, 0.25) is 0 Å². The highest BCUT2D eigenvalue weighted by atomic mass is 19.3. The van der Waals surface area contributed by atoms with Crippen LogP contribution in [0.15, 0.2) is 24.4 Å². The van der Waals surface area contributed by atoms with Crippen LogP contribution in [0.25, 0.3) is 22.2 Å². The molecule has 0 saturated carbocycles. The Balaban J connectivity index is 2.04. The summed E-state index contributed by atoms with van der Waals surface area (Å²) in [5, 5.41) is 4.85. The number of nitrogens with one attached hydrogen (secondary N) is 1. The Morgan fingerprint density at radius 2 is 2.09 bits per heavy atom. The van der Waals surface area contributed by atoms with Gasteiger partial charge in [0, 0.05) is 47.9 Å². The molecule has 3 heterocycles. The minimum Gasteiger partial charge on any atom is -0.358 e. The van der Waals surface area contributed by atoms with Gasteiger partial charge in [0.1, 0.15) is 0 Å². The van der Waals surface area contributed by atoms with E-state index in [2.05, 4.69) is 22.0 Å². The van der Waals surface area contributed by atoms with Crippen LogP contribution in [-0.2, 0) is 13.0 Å². The molecule has 0 fully saturated rings. The fourth-order valence-corrected chi connectivity index (χ4v) is 3.55. The van der Waals surface area contributed by atoms with Crippen LogP contribution >= 0.6 is 0 Å². The average Bonchev–Trinajstić information content (AvgIpc) is 3.12. The molecular weight excluding hydrogens is 298 g/mol. The maximum Gasteiger partial charge on any atom is 0.333 e. The first-order chi connectivity index (χ1) is 11.1. The van der Waals surface area contributed by atoms with Gasteiger partial charge in [0.05, 0.1) is 5.69 Å². The zero-order valence-electron chi connectivity index (χ0n) is 13.1. The number of fused-ring (bicyclic) bond motifs is 3. The fraction of sp³-hybridized carbons (Fsp3) is 0.353. The van der Waals surface area contributed by atoms with Gasteiger partial charge >= 0.3 is 6.55 Å². The number of hydrogen-bond donors (Lipinski definition) is 1. The van der Waals surface area contributed by atoms with E-state index in [9.17, 15) is 8.78 Å². The smallest absolute Gasteiger partial charge is 0.333 e. The molecule has 0 saturated heterocycles. The molecule has 3 aromatic rings. The van der Waals surface area contributed by atoms with Crippen LogP contribution in [0.3, 0.4) is 0 Å². The minimum absolute atomic E-state index is 0.470. The van der Waals surface area contributed by atoms with E-state index in [0.29, 0.717) is 5.69 Å². The Morgan fingerprint density at radius 1 is 1.26 bits per heavy atom. The van der Waals surface area contributed by atoms with Gasteiger partial charge in [-0.05, 0) is 37.2 Å². The number of H-pyrrole nitrogens is 1. The summed E-state index contributed by atoms with van der Waals surface area (Å²) in [7, 11) is 2.08. The third-order valence-electron chi connectivity index (χ3n) is 4.65. The maximum atomic E-state index is 13.3. The standard InChI is InChI=1S/C17H18F2N4/c1-10-3-4-13-16(11-9-22(2)8-6-12(11)21-13)15(10)14-5-7-20-23(14)17(18)19/h3-5,7,17,21H,6,8-9H2,1-2H3. The van der Waals surface area contributed by atoms with E-state index in [1.54, 1.807) is 6.07 Å². The number of likely N-dealkylation sites (N-methyl/N-ethyl adjacent to an activating group) is 1. The van der Waals surface area contributed by atoms with Crippen molar-refractivity contribution in [3.8, 4) is 11.3 Å². The second-order valence-electron chi connectivity index (χ2n) is 6.19. The first kappa shape index (κ1) is 14.4. The molecule has 1 aromatic carbocycles. The number of hydrogen-bond acceptors (Lipinski definition) is 2. The molecule has 1 aliphatic rings. The summed E-state index contributed by atoms with van der Waals surface area (Å²) < 4.78 is 27.4. The summed E-state index contributed by atoms with van der Waals surface area (Å²) >= 11 is 0. The van der Waals surface area contributed by atoms with Gasteiger partial charge < -0.3 is 9.88 Å². The summed E-state index contributed by atoms with van der Waals surface area (Å²) in [4.78, 5) is 5.73. The SMILES string of the molecule is Cc1ccc2[nH]c3c(c2c1-c1ccnn1C(F)F)CN(C)CC3. The average molecular weight is 316 g/mol. The number of aromatic amines is 1. The molecule has 6 heteroatoms. The van der Waals surface area contributed by atoms with E-state index >= 15 is 0 Å². The summed E-state index contributed by atoms with van der Waals surface area (Å²) in [6.45, 7) is 1.15. The van der Waals surface area contributed by atoms with Gasteiger partial charge in [-0.15, -0.1) is 0 Å². The van der Waals surface area contributed by atoms with Crippen LogP contribution in [0, 0.1) is 6.92 Å². The van der Waals surface area contributed by atoms with Crippen LogP contribution < -0.4 is 0 Å². The Labute approximate surface area is 132 Å². The highest BCUT2D eigenvalue weighted by Gasteiger charge is 2.24. The molecule has 4 rings (SSSR count). The highest BCUT2D eigenvalue weighted by molar-refractivity contribution is 5.99. The quantitative estimate of drug-likeness (QED) is 0.782. The van der Waals surface area contributed by atoms with Gasteiger partial charge in [0.2, 0.25) is 0 Å². The lowest BCUT2D eigenvalue weighted by Crippen LogP contribution is -2.26. The third kappa shape index (κ3) is 2.16. The largest absolute Gasteiger partial charge is 0.358 e. The van der Waals surface area contributed by atoms with Gasteiger partial charge in [-0.1, -0.05) is 6.07 Å². The fourth-order valence-electron chi connectivity index (χ4n) is 3.55. The van der Waals surface area contributed by atoms with Gasteiger partial charge in [-0.25, -0.2) is 4.68 Å². The van der Waals surface area contributed by atoms with Crippen molar-refractivity contribution in [3.05, 3.63) is 41.2 Å². The lowest BCUT2D eigenvalue weighted by Gasteiger charge is -2.23. The predicted molar refractivity (Wildman–Crippen MR) is 85.5 cm³/mol. The molecule has 0 aliphatic carbocycles. The number of alkyl halides is 2. The first-order valence-corrected chi connectivity index (χ1v) is 7.70. The lowest BCUT2D eigenvalue weighted by molar-refractivity contribution is 0.0585. The van der Waals surface area contributed by atoms with Gasteiger partial charge in [0.15, 0.2) is 0 Å². The number of nitrogens with zero attached hydrogens (tertiary/aromatic N) is 3. The van der Waals surface area contributed by atoms with Crippen LogP contribution in [0.4, 0.5) is 8.78 Å². The van der Waals surface area contributed by atoms with E-state index in [1.165, 1.54) is 17.5 Å². The van der Waals surface area contributed by atoms with Crippen molar-refractivity contribution >= 4 is 10.9 Å². The molecule has 0 spiro atoms. The highest BCUT2D eigenvalue weighted by Crippen LogP contribution is 2.38. The number of rotatable bonds is 2. The Bertz CT molecular complexity index is 878. The molecular formula is C17H18F2N4. The summed E-state index contributed by atoms with van der Waals surface area (Å²) in [5.74, 6) is 0. The van der Waals surface area contributed by atoms with Crippen molar-refractivity contribution in [2.24, 2.45) is 0 Å². The second kappa shape index (κ2) is 5.16. The molecule has 0 bridgehead atoms. The monoisotopic (exact) mass is 316 g/mol. The van der Waals surface area contributed by atoms with Gasteiger partial charge in [-0.3, -0.25) is 0 Å². The van der Waals surface area contributed by atoms with Crippen molar-refractivity contribution in [3.63, 3.8) is 0 Å². The maximum absolute atomic E-state index is 13.3. The Kier molecular flexibility index (Phi) is 3.23. The molecule has 0 amide bonds. The molecule has 0 radical (unpaired) electrons. The van der Waals surface area contributed by atoms with Crippen molar-refractivity contribution in [2.75, 3.05) is 13.6 Å². The van der Waals surface area contributed by atoms with Crippen molar-refractivity contribution < 1.29 is 8.78 Å². The molecule has 1 N–H and O–H groups in total. The van der Waals surface area contributed by atoms with E-state index in [1.807, 2.05) is 19.1 Å². The van der Waals surface area contributed by atoms with E-state index < -0.39 is 6.55 Å². The van der Waals surface area contributed by atoms with Gasteiger partial charge in [-0.2, -0.15) is 13.9 Å². The Morgan fingerprint density at radius 3 is 2.87 bits per heavy atom. The van der Waals surface area contributed by atoms with Crippen LogP contribution in [-0.4, -0.2) is 33.3 Å². The second-order valence-corrected chi connectivity index (χ2v) is 6.19.